The lowest BCUT2D eigenvalue weighted by Crippen LogP contribution is -2.61. The number of carbonyl (C=O) groups is 1. The summed E-state index contributed by atoms with van der Waals surface area (Å²) in [7, 11) is 3.05. The Balaban J connectivity index is 1.33. The molecule has 2 aliphatic carbocycles. The van der Waals surface area contributed by atoms with Crippen molar-refractivity contribution in [3.05, 3.63) is 16.8 Å². The summed E-state index contributed by atoms with van der Waals surface area (Å²) in [5.41, 5.74) is 3.95. The summed E-state index contributed by atoms with van der Waals surface area (Å²) in [6, 6.07) is 0.701. The molecule has 2 saturated heterocycles. The van der Waals surface area contributed by atoms with E-state index in [2.05, 4.69) is 4.90 Å². The fraction of sp³-hybridized carbons (Fsp3) is 0.741. The summed E-state index contributed by atoms with van der Waals surface area (Å²) in [5, 5.41) is 37.3. The predicted molar refractivity (Wildman–Crippen MR) is 136 cm³/mol. The molecule has 4 aliphatic rings. The molecule has 3 N–H and O–H groups in total. The number of nitrogens with zero attached hydrogens (tertiary/aromatic N) is 4. The molecular weight excluding hydrogens is 492 g/mol. The monoisotopic (exact) mass is 530 g/mol. The number of hydrogen-bond donors (Lipinski definition) is 3. The topological polar surface area (TPSA) is 139 Å². The lowest BCUT2D eigenvalue weighted by Gasteiger charge is -2.39. The minimum Gasteiger partial charge on any atom is -0.467 e. The summed E-state index contributed by atoms with van der Waals surface area (Å²) in [4.78, 5) is 19.6. The summed E-state index contributed by atoms with van der Waals surface area (Å²) in [6.45, 7) is 2.14. The number of aliphatic hydroxyl groups is 3. The first kappa shape index (κ1) is 25.9. The van der Waals surface area contributed by atoms with Crippen LogP contribution in [0.2, 0.25) is 0 Å². The van der Waals surface area contributed by atoms with Crippen LogP contribution in [0.15, 0.2) is 0 Å². The molecule has 0 radical (unpaired) electrons. The van der Waals surface area contributed by atoms with E-state index in [1.54, 1.807) is 4.68 Å². The van der Waals surface area contributed by atoms with Crippen molar-refractivity contribution in [3.63, 3.8) is 0 Å². The second-order valence-electron chi connectivity index (χ2n) is 11.2. The Morgan fingerprint density at radius 1 is 1.00 bits per heavy atom. The molecule has 4 heterocycles. The molecule has 6 rings (SSSR count). The summed E-state index contributed by atoms with van der Waals surface area (Å²) in [6.07, 6.45) is 2.24. The number of aryl methyl sites for hydroxylation is 2. The number of methoxy groups -OCH3 is 1. The minimum atomic E-state index is -1.65. The average molecular weight is 531 g/mol. The van der Waals surface area contributed by atoms with Crippen molar-refractivity contribution in [1.29, 1.82) is 0 Å². The van der Waals surface area contributed by atoms with E-state index >= 15 is 0 Å². The van der Waals surface area contributed by atoms with Crippen molar-refractivity contribution < 1.29 is 34.3 Å². The Labute approximate surface area is 221 Å². The zero-order chi connectivity index (χ0) is 26.6. The molecule has 2 aliphatic heterocycles. The number of hydrogen-bond acceptors (Lipinski definition) is 10. The van der Waals surface area contributed by atoms with Crippen LogP contribution in [0.1, 0.15) is 67.7 Å². The third-order valence-corrected chi connectivity index (χ3v) is 8.96. The quantitative estimate of drug-likeness (QED) is 0.479. The van der Waals surface area contributed by atoms with Gasteiger partial charge in [-0.15, -0.1) is 0 Å². The van der Waals surface area contributed by atoms with Crippen molar-refractivity contribution in [2.45, 2.75) is 100 Å². The molecule has 2 aromatic heterocycles. The number of carbonyl (C=O) groups excluding carboxylic acids is 1. The van der Waals surface area contributed by atoms with Crippen LogP contribution in [-0.2, 0) is 34.2 Å². The smallest absolute Gasteiger partial charge is 0.337 e. The van der Waals surface area contributed by atoms with Gasteiger partial charge >= 0.3 is 5.97 Å². The first-order valence-electron chi connectivity index (χ1n) is 13.9. The van der Waals surface area contributed by atoms with Gasteiger partial charge in [-0.05, 0) is 57.1 Å². The van der Waals surface area contributed by atoms with Gasteiger partial charge in [0.2, 0.25) is 12.2 Å². The zero-order valence-corrected chi connectivity index (χ0v) is 22.1. The van der Waals surface area contributed by atoms with E-state index in [0.717, 1.165) is 68.9 Å². The molecule has 0 amide bonds. The van der Waals surface area contributed by atoms with Gasteiger partial charge in [0.25, 0.3) is 0 Å². The third kappa shape index (κ3) is 4.38. The van der Waals surface area contributed by atoms with Crippen LogP contribution in [0.3, 0.4) is 0 Å². The van der Waals surface area contributed by atoms with Crippen molar-refractivity contribution in [2.75, 3.05) is 20.2 Å². The van der Waals surface area contributed by atoms with Crippen molar-refractivity contribution in [2.24, 2.45) is 7.05 Å². The maximum absolute atomic E-state index is 12.1. The van der Waals surface area contributed by atoms with Crippen LogP contribution in [-0.4, -0.2) is 97.9 Å². The number of aliphatic hydroxyl groups excluding tert-OH is 3. The van der Waals surface area contributed by atoms with Crippen molar-refractivity contribution in [3.8, 4) is 5.88 Å². The van der Waals surface area contributed by atoms with Crippen molar-refractivity contribution in [1.82, 2.24) is 19.7 Å². The Hall–Kier alpha value is -2.31. The highest BCUT2D eigenvalue weighted by Crippen LogP contribution is 2.41. The van der Waals surface area contributed by atoms with E-state index in [0.29, 0.717) is 23.5 Å². The molecule has 1 saturated carbocycles. The van der Waals surface area contributed by atoms with Gasteiger partial charge in [-0.3, -0.25) is 9.58 Å². The van der Waals surface area contributed by atoms with Crippen molar-refractivity contribution >= 4 is 17.0 Å². The molecule has 0 bridgehead atoms. The lowest BCUT2D eigenvalue weighted by atomic mass is 9.88. The molecule has 0 spiro atoms. The van der Waals surface area contributed by atoms with Crippen LogP contribution in [0.5, 0.6) is 5.88 Å². The lowest BCUT2D eigenvalue weighted by molar-refractivity contribution is -0.272. The van der Waals surface area contributed by atoms with E-state index in [9.17, 15) is 20.1 Å². The highest BCUT2D eigenvalue weighted by atomic mass is 16.7. The number of pyridine rings is 1. The van der Waals surface area contributed by atoms with Gasteiger partial charge in [0, 0.05) is 36.5 Å². The number of likely N-dealkylation sites (tertiary alicyclic amines) is 1. The van der Waals surface area contributed by atoms with E-state index < -0.39 is 36.7 Å². The second-order valence-corrected chi connectivity index (χ2v) is 11.2. The summed E-state index contributed by atoms with van der Waals surface area (Å²) in [5.74, 6) is -0.196. The van der Waals surface area contributed by atoms with E-state index in [1.165, 1.54) is 31.2 Å². The fourth-order valence-electron chi connectivity index (χ4n) is 6.90. The minimum absolute atomic E-state index is 0.303. The van der Waals surface area contributed by atoms with Gasteiger partial charge in [0.15, 0.2) is 11.8 Å². The molecular formula is C27H38N4O7. The van der Waals surface area contributed by atoms with Crippen LogP contribution in [0, 0.1) is 0 Å². The predicted octanol–water partition coefficient (Wildman–Crippen LogP) is 0.938. The maximum atomic E-state index is 12.1. The summed E-state index contributed by atoms with van der Waals surface area (Å²) < 4.78 is 18.2. The largest absolute Gasteiger partial charge is 0.467 e. The molecule has 38 heavy (non-hydrogen) atoms. The first-order valence-corrected chi connectivity index (χ1v) is 13.9. The van der Waals surface area contributed by atoms with Crippen LogP contribution < -0.4 is 4.74 Å². The molecule has 0 aromatic carbocycles. The van der Waals surface area contributed by atoms with E-state index in [1.807, 2.05) is 7.05 Å². The molecule has 11 heteroatoms. The van der Waals surface area contributed by atoms with Gasteiger partial charge in [0.1, 0.15) is 18.3 Å². The molecule has 11 nitrogen and oxygen atoms in total. The Kier molecular flexibility index (Phi) is 7.06. The highest BCUT2D eigenvalue weighted by molar-refractivity contribution is 5.85. The normalized spacial score (nSPS) is 32.6. The maximum Gasteiger partial charge on any atom is 0.337 e. The molecule has 3 fully saturated rings. The Morgan fingerprint density at radius 2 is 1.74 bits per heavy atom. The van der Waals surface area contributed by atoms with Gasteiger partial charge in [0.05, 0.1) is 12.8 Å². The number of fused-ring (bicyclic) bond motifs is 3. The fourth-order valence-corrected chi connectivity index (χ4v) is 6.90. The SMILES string of the molecule is COC(=O)[C@H]1O[C@@H](Oc2nc3c(c(C4CCN(C5CCCC5)C4)nn3C)c3c2CCCC3)[C@H](O)[C@@H](O)[C@@H]1O. The molecule has 2 aromatic rings. The van der Waals surface area contributed by atoms with Crippen LogP contribution >= 0.6 is 0 Å². The molecule has 1 unspecified atom stereocenters. The van der Waals surface area contributed by atoms with E-state index in [-0.39, 0.29) is 0 Å². The number of aromatic nitrogens is 3. The van der Waals surface area contributed by atoms with Crippen LogP contribution in [0.4, 0.5) is 0 Å². The zero-order valence-electron chi connectivity index (χ0n) is 22.1. The van der Waals surface area contributed by atoms with Crippen LogP contribution in [0.25, 0.3) is 11.0 Å². The number of rotatable bonds is 5. The number of esters is 1. The molecule has 6 atom stereocenters. The van der Waals surface area contributed by atoms with E-state index in [4.69, 9.17) is 24.3 Å². The Morgan fingerprint density at radius 3 is 2.47 bits per heavy atom. The standard InChI is InChI=1S/C27H38N4O7/c1-30-24-18(19(29-30)14-11-12-31(13-14)15-7-3-4-8-15)16-9-5-6-10-17(16)25(28-24)38-27-22(34)20(32)21(33)23(37-27)26(35)36-2/h14-15,20-23,27,32-34H,3-13H2,1-2H3/t14?,20-,21-,22+,23-,27-/m0/s1. The third-order valence-electron chi connectivity index (χ3n) is 8.96. The van der Waals surface area contributed by atoms with Gasteiger partial charge in [-0.25, -0.2) is 4.79 Å². The van der Waals surface area contributed by atoms with Gasteiger partial charge in [-0.1, -0.05) is 12.8 Å². The highest BCUT2D eigenvalue weighted by Gasteiger charge is 2.49. The average Bonchev–Trinajstić information content (AvgIpc) is 3.69. The first-order chi connectivity index (χ1) is 18.4. The van der Waals surface area contributed by atoms with Gasteiger partial charge < -0.3 is 29.5 Å². The number of ether oxygens (including phenoxy) is 3. The second kappa shape index (κ2) is 10.3. The molecule has 208 valence electrons. The Bertz CT molecular complexity index is 1200. The summed E-state index contributed by atoms with van der Waals surface area (Å²) >= 11 is 0. The van der Waals surface area contributed by atoms with Gasteiger partial charge in [-0.2, -0.15) is 10.1 Å².